The Balaban J connectivity index is 1.59. The highest BCUT2D eigenvalue weighted by Crippen LogP contribution is 2.47. The molecule has 0 radical (unpaired) electrons. The number of benzene rings is 2. The van der Waals surface area contributed by atoms with E-state index in [4.69, 9.17) is 16.6 Å². The van der Waals surface area contributed by atoms with Gasteiger partial charge < -0.3 is 10.3 Å². The number of nitrogens with one attached hydrogen (secondary N) is 2. The summed E-state index contributed by atoms with van der Waals surface area (Å²) in [5, 5.41) is 4.38. The lowest BCUT2D eigenvalue weighted by Crippen LogP contribution is -2.37. The Hall–Kier alpha value is -2.90. The number of allylic oxidation sites excluding steroid dienone is 2. The number of anilines is 1. The molecule has 1 atom stereocenters. The second-order valence-electron chi connectivity index (χ2n) is 9.46. The average Bonchev–Trinajstić information content (AvgIpc) is 2.76. The van der Waals surface area contributed by atoms with E-state index in [2.05, 4.69) is 10.3 Å². The van der Waals surface area contributed by atoms with Crippen molar-refractivity contribution in [3.8, 4) is 0 Å². The maximum absolute atomic E-state index is 14.2. The van der Waals surface area contributed by atoms with Crippen LogP contribution in [0.25, 0.3) is 0 Å². The highest BCUT2D eigenvalue weighted by molar-refractivity contribution is 7.98. The van der Waals surface area contributed by atoms with Gasteiger partial charge in [-0.25, -0.2) is 9.37 Å². The van der Waals surface area contributed by atoms with Crippen LogP contribution in [0, 0.1) is 11.2 Å². The summed E-state index contributed by atoms with van der Waals surface area (Å²) < 4.78 is 14.2. The second-order valence-corrected chi connectivity index (χ2v) is 10.8. The zero-order valence-electron chi connectivity index (χ0n) is 18.7. The summed E-state index contributed by atoms with van der Waals surface area (Å²) in [4.78, 5) is 34.1. The van der Waals surface area contributed by atoms with E-state index in [1.807, 2.05) is 38.1 Å². The fourth-order valence-corrected chi connectivity index (χ4v) is 5.89. The standard InChI is InChI=1S/C26H23ClFN3O2S/c1-26(2)11-18-21(19(32)12-26)20(14-7-5-8-16(28)10-14)22-23(29-18)30-25(31-24(22)33)34-13-15-6-3-4-9-17(15)27/h3-10,20H,11-13H2,1-2H3,(H2,29,30,31,33). The number of carbonyl (C=O) groups is 1. The molecule has 5 nitrogen and oxygen atoms in total. The van der Waals surface area contributed by atoms with E-state index in [0.717, 1.165) is 11.3 Å². The van der Waals surface area contributed by atoms with Crippen molar-refractivity contribution in [1.82, 2.24) is 9.97 Å². The number of rotatable bonds is 4. The van der Waals surface area contributed by atoms with Gasteiger partial charge in [0.2, 0.25) is 0 Å². The Kier molecular flexibility index (Phi) is 5.86. The van der Waals surface area contributed by atoms with Crippen LogP contribution >= 0.6 is 23.4 Å². The lowest BCUT2D eigenvalue weighted by atomic mass is 9.69. The minimum absolute atomic E-state index is 0.0322. The van der Waals surface area contributed by atoms with Crippen molar-refractivity contribution in [1.29, 1.82) is 0 Å². The Morgan fingerprint density at radius 2 is 1.94 bits per heavy atom. The first-order chi connectivity index (χ1) is 16.2. The summed E-state index contributed by atoms with van der Waals surface area (Å²) in [6, 6.07) is 13.6. The van der Waals surface area contributed by atoms with Crippen molar-refractivity contribution < 1.29 is 9.18 Å². The number of fused-ring (bicyclic) bond motifs is 1. The molecule has 0 saturated heterocycles. The van der Waals surface area contributed by atoms with Crippen LogP contribution in [-0.4, -0.2) is 15.8 Å². The minimum atomic E-state index is -0.676. The quantitative estimate of drug-likeness (QED) is 0.340. The fourth-order valence-electron chi connectivity index (χ4n) is 4.74. The van der Waals surface area contributed by atoms with Gasteiger partial charge in [-0.15, -0.1) is 0 Å². The van der Waals surface area contributed by atoms with E-state index in [1.165, 1.54) is 23.9 Å². The molecule has 174 valence electrons. The summed E-state index contributed by atoms with van der Waals surface area (Å²) in [6.07, 6.45) is 1.00. The van der Waals surface area contributed by atoms with Gasteiger partial charge in [-0.05, 0) is 41.2 Å². The van der Waals surface area contributed by atoms with Gasteiger partial charge in [-0.2, -0.15) is 0 Å². The first-order valence-corrected chi connectivity index (χ1v) is 12.4. The van der Waals surface area contributed by atoms with E-state index in [9.17, 15) is 14.0 Å². The number of H-pyrrole nitrogens is 1. The molecule has 2 aliphatic rings. The number of ketones is 1. The SMILES string of the molecule is CC1(C)CC(=O)C2=C(C1)Nc1nc(SCc3ccccc3Cl)[nH]c(=O)c1C2c1cccc(F)c1. The minimum Gasteiger partial charge on any atom is -0.343 e. The van der Waals surface area contributed by atoms with Crippen molar-refractivity contribution in [2.24, 2.45) is 5.41 Å². The molecule has 0 amide bonds. The number of Topliss-reactive ketones (excluding diaryl/α,β-unsaturated/α-hetero) is 1. The third-order valence-electron chi connectivity index (χ3n) is 6.20. The Morgan fingerprint density at radius 1 is 1.15 bits per heavy atom. The van der Waals surface area contributed by atoms with Gasteiger partial charge >= 0.3 is 0 Å². The van der Waals surface area contributed by atoms with Crippen LogP contribution in [0.1, 0.15) is 49.3 Å². The van der Waals surface area contributed by atoms with E-state index < -0.39 is 11.7 Å². The van der Waals surface area contributed by atoms with Crippen LogP contribution in [0.5, 0.6) is 0 Å². The summed E-state index contributed by atoms with van der Waals surface area (Å²) >= 11 is 7.64. The van der Waals surface area contributed by atoms with Crippen molar-refractivity contribution in [3.63, 3.8) is 0 Å². The monoisotopic (exact) mass is 495 g/mol. The molecule has 0 saturated carbocycles. The smallest absolute Gasteiger partial charge is 0.257 e. The van der Waals surface area contributed by atoms with Crippen LogP contribution in [0.4, 0.5) is 10.2 Å². The number of aromatic nitrogens is 2. The third kappa shape index (κ3) is 4.30. The van der Waals surface area contributed by atoms with Crippen LogP contribution in [0.15, 0.2) is 69.8 Å². The van der Waals surface area contributed by atoms with E-state index in [1.54, 1.807) is 12.1 Å². The van der Waals surface area contributed by atoms with Crippen molar-refractivity contribution in [2.45, 2.75) is 43.5 Å². The molecule has 1 aliphatic heterocycles. The molecule has 2 N–H and O–H groups in total. The van der Waals surface area contributed by atoms with Gasteiger partial charge in [0.25, 0.3) is 5.56 Å². The molecular formula is C26H23ClFN3O2S. The number of aromatic amines is 1. The highest BCUT2D eigenvalue weighted by atomic mass is 35.5. The molecular weight excluding hydrogens is 473 g/mol. The summed E-state index contributed by atoms with van der Waals surface area (Å²) in [7, 11) is 0. The molecule has 0 fully saturated rings. The van der Waals surface area contributed by atoms with Gasteiger partial charge in [0.1, 0.15) is 11.6 Å². The fraction of sp³-hybridized carbons (Fsp3) is 0.269. The first kappa shape index (κ1) is 22.9. The van der Waals surface area contributed by atoms with Gasteiger partial charge in [0.05, 0.1) is 5.56 Å². The Bertz CT molecular complexity index is 1400. The number of hydrogen-bond acceptors (Lipinski definition) is 5. The average molecular weight is 496 g/mol. The zero-order chi connectivity index (χ0) is 24.0. The van der Waals surface area contributed by atoms with E-state index in [0.29, 0.717) is 51.3 Å². The normalized spacial score (nSPS) is 18.8. The molecule has 5 rings (SSSR count). The maximum atomic E-state index is 14.2. The lowest BCUT2D eigenvalue weighted by molar-refractivity contribution is -0.118. The van der Waals surface area contributed by atoms with Gasteiger partial charge in [-0.1, -0.05) is 67.5 Å². The van der Waals surface area contributed by atoms with Gasteiger partial charge in [0.15, 0.2) is 10.9 Å². The van der Waals surface area contributed by atoms with Crippen molar-refractivity contribution in [3.05, 3.63) is 97.7 Å². The molecule has 1 aliphatic carbocycles. The maximum Gasteiger partial charge on any atom is 0.257 e. The molecule has 3 aromatic rings. The third-order valence-corrected chi connectivity index (χ3v) is 7.50. The Labute approximate surface area is 205 Å². The molecule has 2 heterocycles. The predicted molar refractivity (Wildman–Crippen MR) is 133 cm³/mol. The lowest BCUT2D eigenvalue weighted by Gasteiger charge is -2.38. The number of nitrogens with zero attached hydrogens (tertiary/aromatic N) is 1. The first-order valence-electron chi connectivity index (χ1n) is 11.0. The molecule has 2 aromatic carbocycles. The van der Waals surface area contributed by atoms with Gasteiger partial charge in [0, 0.05) is 34.4 Å². The van der Waals surface area contributed by atoms with Gasteiger partial charge in [-0.3, -0.25) is 9.59 Å². The number of thioether (sulfide) groups is 1. The topological polar surface area (TPSA) is 74.8 Å². The van der Waals surface area contributed by atoms with Crippen molar-refractivity contribution >= 4 is 35.0 Å². The van der Waals surface area contributed by atoms with E-state index in [-0.39, 0.29) is 16.8 Å². The largest absolute Gasteiger partial charge is 0.343 e. The molecule has 8 heteroatoms. The van der Waals surface area contributed by atoms with E-state index >= 15 is 0 Å². The molecule has 1 aromatic heterocycles. The van der Waals surface area contributed by atoms with Crippen LogP contribution in [0.3, 0.4) is 0 Å². The zero-order valence-corrected chi connectivity index (χ0v) is 20.3. The molecule has 0 bridgehead atoms. The highest BCUT2D eigenvalue weighted by Gasteiger charge is 2.42. The second kappa shape index (κ2) is 8.71. The van der Waals surface area contributed by atoms with Crippen LogP contribution in [-0.2, 0) is 10.5 Å². The molecule has 1 unspecified atom stereocenters. The number of halogens is 2. The summed E-state index contributed by atoms with van der Waals surface area (Å²) in [6.45, 7) is 4.08. The van der Waals surface area contributed by atoms with Crippen molar-refractivity contribution in [2.75, 3.05) is 5.32 Å². The molecule has 0 spiro atoms. The number of carbonyl (C=O) groups excluding carboxylic acids is 1. The summed E-state index contributed by atoms with van der Waals surface area (Å²) in [5.74, 6) is -0.183. The molecule has 34 heavy (non-hydrogen) atoms. The van der Waals surface area contributed by atoms with Crippen LogP contribution in [0.2, 0.25) is 5.02 Å². The number of hydrogen-bond donors (Lipinski definition) is 2. The summed E-state index contributed by atoms with van der Waals surface area (Å²) in [5.41, 5.74) is 2.54. The van der Waals surface area contributed by atoms with Crippen LogP contribution < -0.4 is 10.9 Å². The predicted octanol–water partition coefficient (Wildman–Crippen LogP) is 6.06. The Morgan fingerprint density at radius 3 is 2.71 bits per heavy atom.